The Bertz CT molecular complexity index is 813. The molecule has 3 N–H and O–H groups in total. The van der Waals surface area contributed by atoms with E-state index in [0.717, 1.165) is 36.3 Å². The zero-order chi connectivity index (χ0) is 18.6. The van der Waals surface area contributed by atoms with E-state index in [4.69, 9.17) is 0 Å². The molecule has 2 aromatic rings. The molecule has 27 heavy (non-hydrogen) atoms. The number of fused-ring (bicyclic) bond motifs is 1. The number of nitrogens with one attached hydrogen (secondary N) is 3. The summed E-state index contributed by atoms with van der Waals surface area (Å²) in [6, 6.07) is 4.25. The summed E-state index contributed by atoms with van der Waals surface area (Å²) in [5, 5.41) is 11.8. The number of aromatic nitrogens is 2. The fourth-order valence-corrected chi connectivity index (χ4v) is 5.71. The molecule has 0 spiro atoms. The summed E-state index contributed by atoms with van der Waals surface area (Å²) in [6.07, 6.45) is 6.79. The lowest BCUT2D eigenvalue weighted by molar-refractivity contribution is -0.116. The van der Waals surface area contributed by atoms with Crippen LogP contribution in [0.5, 0.6) is 0 Å². The molecule has 142 valence electrons. The van der Waals surface area contributed by atoms with Crippen molar-refractivity contribution < 1.29 is 9.59 Å². The Hall–Kier alpha value is -2.13. The van der Waals surface area contributed by atoms with Gasteiger partial charge < -0.3 is 16.0 Å². The van der Waals surface area contributed by atoms with Crippen molar-refractivity contribution in [2.45, 2.75) is 43.0 Å². The molecule has 0 aromatic carbocycles. The molecule has 7 nitrogen and oxygen atoms in total. The number of amides is 3. The van der Waals surface area contributed by atoms with Crippen LogP contribution in [0.2, 0.25) is 0 Å². The predicted molar refractivity (Wildman–Crippen MR) is 108 cm³/mol. The summed E-state index contributed by atoms with van der Waals surface area (Å²) >= 11 is 3.33. The van der Waals surface area contributed by atoms with Crippen LogP contribution in [0.3, 0.4) is 0 Å². The molecule has 0 radical (unpaired) electrons. The maximum atomic E-state index is 12.2. The van der Waals surface area contributed by atoms with Gasteiger partial charge in [-0.3, -0.25) is 9.78 Å². The van der Waals surface area contributed by atoms with E-state index in [2.05, 4.69) is 25.9 Å². The van der Waals surface area contributed by atoms with Gasteiger partial charge in [0.1, 0.15) is 0 Å². The fraction of sp³-hybridized carbons (Fsp3) is 0.444. The highest BCUT2D eigenvalue weighted by Gasteiger charge is 2.42. The summed E-state index contributed by atoms with van der Waals surface area (Å²) < 4.78 is 0. The number of pyridine rings is 1. The van der Waals surface area contributed by atoms with E-state index < -0.39 is 0 Å². The number of urea groups is 1. The molecule has 2 saturated heterocycles. The standard InChI is InChI=1S/C18H21N5O2S2/c24-15(22-18-21-12(9-27-18)11-4-3-7-19-8-11)6-2-1-5-14-16-13(10-26-14)20-17(25)23-16/h3-4,7-9,13-14,16H,1-2,5-6,10H2,(H2,20,23,25)(H,21,22,24)/t13-,14+,16+/m0/s1. The molecule has 9 heteroatoms. The number of thioether (sulfide) groups is 1. The third kappa shape index (κ3) is 4.41. The smallest absolute Gasteiger partial charge is 0.315 e. The first kappa shape index (κ1) is 18.2. The number of thiazole rings is 1. The van der Waals surface area contributed by atoms with Crippen molar-refractivity contribution in [1.29, 1.82) is 0 Å². The Balaban J connectivity index is 1.18. The van der Waals surface area contributed by atoms with Crippen molar-refractivity contribution in [3.05, 3.63) is 29.9 Å². The molecule has 2 aromatic heterocycles. The van der Waals surface area contributed by atoms with Crippen LogP contribution in [0.25, 0.3) is 11.3 Å². The normalized spacial score (nSPS) is 23.6. The topological polar surface area (TPSA) is 96.0 Å². The number of hydrogen-bond acceptors (Lipinski definition) is 6. The molecule has 0 unspecified atom stereocenters. The van der Waals surface area contributed by atoms with Gasteiger partial charge in [0.15, 0.2) is 5.13 Å². The Labute approximate surface area is 165 Å². The first-order valence-electron chi connectivity index (χ1n) is 9.03. The minimum atomic E-state index is -0.0521. The molecule has 3 amide bonds. The van der Waals surface area contributed by atoms with E-state index in [1.807, 2.05) is 29.3 Å². The average Bonchev–Trinajstić information content (AvgIpc) is 3.36. The van der Waals surface area contributed by atoms with Gasteiger partial charge in [-0.2, -0.15) is 11.8 Å². The number of hydrogen-bond donors (Lipinski definition) is 3. The van der Waals surface area contributed by atoms with Crippen LogP contribution in [-0.2, 0) is 4.79 Å². The number of nitrogens with zero attached hydrogens (tertiary/aromatic N) is 2. The van der Waals surface area contributed by atoms with Crippen LogP contribution in [0, 0.1) is 0 Å². The Morgan fingerprint density at radius 1 is 1.33 bits per heavy atom. The van der Waals surface area contributed by atoms with Crippen LogP contribution in [0.4, 0.5) is 9.93 Å². The summed E-state index contributed by atoms with van der Waals surface area (Å²) in [5.74, 6) is 0.965. The molecule has 0 bridgehead atoms. The van der Waals surface area contributed by atoms with E-state index in [9.17, 15) is 9.59 Å². The Kier molecular flexibility index (Phi) is 5.58. The maximum absolute atomic E-state index is 12.2. The second-order valence-corrected chi connectivity index (χ2v) is 8.83. The van der Waals surface area contributed by atoms with E-state index in [0.29, 0.717) is 16.8 Å². The Morgan fingerprint density at radius 3 is 3.11 bits per heavy atom. The highest BCUT2D eigenvalue weighted by molar-refractivity contribution is 8.00. The molecular weight excluding hydrogens is 382 g/mol. The lowest BCUT2D eigenvalue weighted by Crippen LogP contribution is -2.36. The summed E-state index contributed by atoms with van der Waals surface area (Å²) in [5.41, 5.74) is 1.76. The minimum Gasteiger partial charge on any atom is -0.332 e. The zero-order valence-corrected chi connectivity index (χ0v) is 16.3. The molecule has 0 aliphatic carbocycles. The lowest BCUT2D eigenvalue weighted by Gasteiger charge is -2.16. The largest absolute Gasteiger partial charge is 0.332 e. The second-order valence-electron chi connectivity index (χ2n) is 6.70. The van der Waals surface area contributed by atoms with Crippen LogP contribution >= 0.6 is 23.1 Å². The minimum absolute atomic E-state index is 0.00475. The Morgan fingerprint density at radius 2 is 2.26 bits per heavy atom. The van der Waals surface area contributed by atoms with Crippen molar-refractivity contribution in [2.24, 2.45) is 0 Å². The number of carbonyl (C=O) groups is 2. The molecule has 4 rings (SSSR count). The maximum Gasteiger partial charge on any atom is 0.315 e. The van der Waals surface area contributed by atoms with Gasteiger partial charge in [0.25, 0.3) is 0 Å². The van der Waals surface area contributed by atoms with Crippen molar-refractivity contribution in [3.63, 3.8) is 0 Å². The van der Waals surface area contributed by atoms with Crippen molar-refractivity contribution in [2.75, 3.05) is 11.1 Å². The number of anilines is 1. The molecule has 2 aliphatic heterocycles. The predicted octanol–water partition coefficient (Wildman–Crippen LogP) is 2.87. The van der Waals surface area contributed by atoms with Crippen LogP contribution < -0.4 is 16.0 Å². The third-order valence-corrected chi connectivity index (χ3v) is 7.05. The van der Waals surface area contributed by atoms with Gasteiger partial charge in [0.05, 0.1) is 17.8 Å². The van der Waals surface area contributed by atoms with Crippen molar-refractivity contribution >= 4 is 40.2 Å². The summed E-state index contributed by atoms with van der Waals surface area (Å²) in [7, 11) is 0. The van der Waals surface area contributed by atoms with Gasteiger partial charge in [-0.25, -0.2) is 9.78 Å². The zero-order valence-electron chi connectivity index (χ0n) is 14.7. The van der Waals surface area contributed by atoms with Crippen molar-refractivity contribution in [3.8, 4) is 11.3 Å². The van der Waals surface area contributed by atoms with Crippen LogP contribution in [-0.4, -0.2) is 45.0 Å². The van der Waals surface area contributed by atoms with E-state index >= 15 is 0 Å². The SMILES string of the molecule is O=C(CCCC[C@H]1SC[C@@H]2NC(=O)N[C@H]21)Nc1nc(-c2cccnc2)cs1. The molecule has 3 atom stereocenters. The van der Waals surface area contributed by atoms with Gasteiger partial charge in [0.2, 0.25) is 5.91 Å². The van der Waals surface area contributed by atoms with Gasteiger partial charge >= 0.3 is 6.03 Å². The number of unbranched alkanes of at least 4 members (excludes halogenated alkanes) is 1. The molecule has 4 heterocycles. The van der Waals surface area contributed by atoms with Crippen molar-refractivity contribution in [1.82, 2.24) is 20.6 Å². The van der Waals surface area contributed by atoms with Gasteiger partial charge in [0, 0.05) is 40.8 Å². The highest BCUT2D eigenvalue weighted by atomic mass is 32.2. The monoisotopic (exact) mass is 403 g/mol. The first-order chi connectivity index (χ1) is 13.2. The number of rotatable bonds is 7. The highest BCUT2D eigenvalue weighted by Crippen LogP contribution is 2.33. The summed E-state index contributed by atoms with van der Waals surface area (Å²) in [4.78, 5) is 32.1. The molecule has 2 fully saturated rings. The third-order valence-electron chi connectivity index (χ3n) is 4.79. The average molecular weight is 404 g/mol. The molecular formula is C18H21N5O2S2. The number of carbonyl (C=O) groups excluding carboxylic acids is 2. The fourth-order valence-electron chi connectivity index (χ4n) is 3.43. The van der Waals surface area contributed by atoms with E-state index in [1.54, 1.807) is 12.4 Å². The van der Waals surface area contributed by atoms with Gasteiger partial charge in [-0.15, -0.1) is 11.3 Å². The lowest BCUT2D eigenvalue weighted by atomic mass is 10.0. The quantitative estimate of drug-likeness (QED) is 0.488. The molecule has 2 aliphatic rings. The second kappa shape index (κ2) is 8.26. The first-order valence-corrected chi connectivity index (χ1v) is 11.0. The van der Waals surface area contributed by atoms with E-state index in [-0.39, 0.29) is 24.0 Å². The van der Waals surface area contributed by atoms with Gasteiger partial charge in [-0.1, -0.05) is 6.42 Å². The summed E-state index contributed by atoms with van der Waals surface area (Å²) in [6.45, 7) is 0. The van der Waals surface area contributed by atoms with Crippen LogP contribution in [0.15, 0.2) is 29.9 Å². The molecule has 0 saturated carbocycles. The van der Waals surface area contributed by atoms with E-state index in [1.165, 1.54) is 11.3 Å². The van der Waals surface area contributed by atoms with Crippen LogP contribution in [0.1, 0.15) is 25.7 Å². The van der Waals surface area contributed by atoms with Gasteiger partial charge in [-0.05, 0) is 25.0 Å².